The zero-order valence-electron chi connectivity index (χ0n) is 25.8. The van der Waals surface area contributed by atoms with Gasteiger partial charge in [0.15, 0.2) is 0 Å². The molecule has 0 unspecified atom stereocenters. The predicted molar refractivity (Wildman–Crippen MR) is 173 cm³/mol. The molecule has 0 fully saturated rings. The van der Waals surface area contributed by atoms with Crippen molar-refractivity contribution in [2.24, 2.45) is 0 Å². The molecule has 5 nitrogen and oxygen atoms in total. The molecule has 2 aromatic heterocycles. The number of ether oxygens (including phenoxy) is 1. The third kappa shape index (κ3) is 6.71. The fourth-order valence-electron chi connectivity index (χ4n) is 6.17. The van der Waals surface area contributed by atoms with E-state index < -0.39 is 35.3 Å². The Morgan fingerprint density at radius 3 is 1.50 bits per heavy atom. The number of benzene rings is 4. The van der Waals surface area contributed by atoms with Crippen molar-refractivity contribution in [3.63, 3.8) is 0 Å². The number of halogens is 6. The SMILES string of the molecule is Cc1c(Cc2ccc(Cl)cc2)c2cc(F)ccc2n1CC(=O)OC(=O)Cn1c(C)c(Cc2ccc(C(F)(F)F)cc2)c2cc(F)ccc21. The van der Waals surface area contributed by atoms with E-state index in [0.717, 1.165) is 23.3 Å². The zero-order valence-corrected chi connectivity index (χ0v) is 26.6. The molecule has 0 radical (unpaired) electrons. The molecule has 0 aliphatic heterocycles. The van der Waals surface area contributed by atoms with Crippen molar-refractivity contribution in [2.75, 3.05) is 0 Å². The maximum Gasteiger partial charge on any atom is 0.416 e. The van der Waals surface area contributed by atoms with Crippen molar-refractivity contribution in [1.82, 2.24) is 9.13 Å². The Bertz CT molecular complexity index is 2180. The van der Waals surface area contributed by atoms with Crippen LogP contribution in [0.15, 0.2) is 84.9 Å². The number of esters is 2. The lowest BCUT2D eigenvalue weighted by atomic mass is 10.0. The summed E-state index contributed by atoms with van der Waals surface area (Å²) in [5.41, 5.74) is 4.54. The smallest absolute Gasteiger partial charge is 0.390 e. The van der Waals surface area contributed by atoms with Crippen molar-refractivity contribution >= 4 is 45.3 Å². The van der Waals surface area contributed by atoms with Gasteiger partial charge in [0.1, 0.15) is 24.7 Å². The molecule has 0 atom stereocenters. The van der Waals surface area contributed by atoms with Gasteiger partial charge in [0.25, 0.3) is 0 Å². The predicted octanol–water partition coefficient (Wildman–Crippen LogP) is 9.11. The van der Waals surface area contributed by atoms with E-state index in [-0.39, 0.29) is 19.5 Å². The highest BCUT2D eigenvalue weighted by Gasteiger charge is 2.30. The van der Waals surface area contributed by atoms with Crippen molar-refractivity contribution < 1.29 is 36.3 Å². The summed E-state index contributed by atoms with van der Waals surface area (Å²) < 4.78 is 76.3. The molecule has 11 heteroatoms. The van der Waals surface area contributed by atoms with Crippen LogP contribution >= 0.6 is 11.6 Å². The largest absolute Gasteiger partial charge is 0.416 e. The highest BCUT2D eigenvalue weighted by molar-refractivity contribution is 6.30. The summed E-state index contributed by atoms with van der Waals surface area (Å²) in [4.78, 5) is 26.3. The lowest BCUT2D eigenvalue weighted by molar-refractivity contribution is -0.160. The van der Waals surface area contributed by atoms with Crippen molar-refractivity contribution in [3.8, 4) is 0 Å². The first-order valence-electron chi connectivity index (χ1n) is 15.0. The summed E-state index contributed by atoms with van der Waals surface area (Å²) in [5, 5.41) is 1.70. The Morgan fingerprint density at radius 1 is 0.667 bits per heavy atom. The monoisotopic (exact) mass is 678 g/mol. The van der Waals surface area contributed by atoms with Gasteiger partial charge in [-0.1, -0.05) is 35.9 Å². The van der Waals surface area contributed by atoms with Gasteiger partial charge >= 0.3 is 18.1 Å². The summed E-state index contributed by atoms with van der Waals surface area (Å²) in [6.45, 7) is 2.84. The molecule has 0 saturated carbocycles. The second-order valence-electron chi connectivity index (χ2n) is 11.6. The topological polar surface area (TPSA) is 53.2 Å². The van der Waals surface area contributed by atoms with E-state index in [1.165, 1.54) is 42.5 Å². The Kier molecular flexibility index (Phi) is 8.87. The van der Waals surface area contributed by atoms with E-state index in [9.17, 15) is 31.5 Å². The number of carbonyl (C=O) groups excluding carboxylic acids is 2. The van der Waals surface area contributed by atoms with Crippen LogP contribution in [-0.4, -0.2) is 21.1 Å². The Balaban J connectivity index is 1.23. The van der Waals surface area contributed by atoms with E-state index in [0.29, 0.717) is 55.8 Å². The van der Waals surface area contributed by atoms with Gasteiger partial charge in [-0.15, -0.1) is 0 Å². The van der Waals surface area contributed by atoms with Gasteiger partial charge in [0.05, 0.1) is 5.56 Å². The molecule has 0 spiro atoms. The van der Waals surface area contributed by atoms with Crippen LogP contribution in [0.2, 0.25) is 5.02 Å². The average molecular weight is 679 g/mol. The molecular formula is C37H28ClF5N2O3. The molecule has 0 N–H and O–H groups in total. The van der Waals surface area contributed by atoms with Gasteiger partial charge < -0.3 is 13.9 Å². The van der Waals surface area contributed by atoms with Crippen LogP contribution in [0, 0.1) is 25.5 Å². The number of aromatic nitrogens is 2. The van der Waals surface area contributed by atoms with E-state index in [4.69, 9.17) is 16.3 Å². The summed E-state index contributed by atoms with van der Waals surface area (Å²) in [7, 11) is 0. The molecule has 48 heavy (non-hydrogen) atoms. The molecule has 0 aliphatic rings. The van der Waals surface area contributed by atoms with Crippen molar-refractivity contribution in [2.45, 2.75) is 46.0 Å². The van der Waals surface area contributed by atoms with Gasteiger partial charge in [-0.3, -0.25) is 0 Å². The van der Waals surface area contributed by atoms with Gasteiger partial charge in [-0.25, -0.2) is 18.4 Å². The van der Waals surface area contributed by atoms with Crippen LogP contribution < -0.4 is 0 Å². The Morgan fingerprint density at radius 2 is 1.08 bits per heavy atom. The Labute approximate surface area is 277 Å². The summed E-state index contributed by atoms with van der Waals surface area (Å²) in [6, 6.07) is 20.3. The molecule has 0 saturated heterocycles. The minimum absolute atomic E-state index is 0.184. The number of rotatable bonds is 8. The first-order valence-corrected chi connectivity index (χ1v) is 15.3. The fraction of sp³-hybridized carbons (Fsp3) is 0.189. The average Bonchev–Trinajstić information content (AvgIpc) is 3.42. The molecular weight excluding hydrogens is 651 g/mol. The number of hydrogen-bond donors (Lipinski definition) is 0. The van der Waals surface area contributed by atoms with Gasteiger partial charge in [-0.2, -0.15) is 13.2 Å². The second-order valence-corrected chi connectivity index (χ2v) is 12.1. The first-order chi connectivity index (χ1) is 22.8. The van der Waals surface area contributed by atoms with E-state index in [1.807, 2.05) is 19.1 Å². The first kappa shape index (κ1) is 33.0. The van der Waals surface area contributed by atoms with Crippen LogP contribution in [0.3, 0.4) is 0 Å². The van der Waals surface area contributed by atoms with Crippen LogP contribution in [0.25, 0.3) is 21.8 Å². The summed E-state index contributed by atoms with van der Waals surface area (Å²) in [6.07, 6.45) is -3.83. The lowest BCUT2D eigenvalue weighted by Gasteiger charge is -2.11. The molecule has 0 amide bonds. The molecule has 0 aliphatic carbocycles. The third-order valence-electron chi connectivity index (χ3n) is 8.59. The lowest BCUT2D eigenvalue weighted by Crippen LogP contribution is -2.22. The number of fused-ring (bicyclic) bond motifs is 2. The molecule has 2 heterocycles. The van der Waals surface area contributed by atoms with E-state index >= 15 is 0 Å². The molecule has 4 aromatic carbocycles. The van der Waals surface area contributed by atoms with Crippen LogP contribution in [0.1, 0.15) is 39.2 Å². The maximum atomic E-state index is 14.3. The molecule has 0 bridgehead atoms. The minimum Gasteiger partial charge on any atom is -0.390 e. The van der Waals surface area contributed by atoms with Crippen LogP contribution in [0.5, 0.6) is 0 Å². The zero-order chi connectivity index (χ0) is 34.3. The Hall–Kier alpha value is -4.96. The van der Waals surface area contributed by atoms with Crippen LogP contribution in [-0.2, 0) is 46.4 Å². The van der Waals surface area contributed by atoms with Gasteiger partial charge in [-0.05, 0) is 110 Å². The number of hydrogen-bond acceptors (Lipinski definition) is 3. The van der Waals surface area contributed by atoms with E-state index in [2.05, 4.69) is 0 Å². The highest BCUT2D eigenvalue weighted by atomic mass is 35.5. The molecule has 246 valence electrons. The molecule has 6 aromatic rings. The van der Waals surface area contributed by atoms with Crippen LogP contribution in [0.4, 0.5) is 22.0 Å². The summed E-state index contributed by atoms with van der Waals surface area (Å²) >= 11 is 6.03. The standard InChI is InChI=1S/C37H28ClF5N2O3/c1-21-29(15-23-3-7-25(8-4-23)37(41,42)43)31-17-27(39)11-13-33(31)44(21)19-35(46)48-36(47)20-45-22(2)30(16-24-5-9-26(38)10-6-24)32-18-28(40)12-14-34(32)45/h3-14,17-18H,15-16,19-20H2,1-2H3. The second kappa shape index (κ2) is 12.9. The summed E-state index contributed by atoms with van der Waals surface area (Å²) in [5.74, 6) is -2.63. The molecule has 6 rings (SSSR count). The normalized spacial score (nSPS) is 11.8. The number of carbonyl (C=O) groups is 2. The highest BCUT2D eigenvalue weighted by Crippen LogP contribution is 2.33. The van der Waals surface area contributed by atoms with E-state index in [1.54, 1.807) is 34.3 Å². The quantitative estimate of drug-likeness (QED) is 0.0917. The third-order valence-corrected chi connectivity index (χ3v) is 8.84. The van der Waals surface area contributed by atoms with Crippen molar-refractivity contribution in [3.05, 3.63) is 141 Å². The number of alkyl halides is 3. The van der Waals surface area contributed by atoms with Crippen molar-refractivity contribution in [1.29, 1.82) is 0 Å². The van der Waals surface area contributed by atoms with Gasteiger partial charge in [0.2, 0.25) is 0 Å². The minimum atomic E-state index is -4.48. The number of nitrogens with zero attached hydrogens (tertiary/aromatic N) is 2. The maximum absolute atomic E-state index is 14.3. The van der Waals surface area contributed by atoms with Gasteiger partial charge in [0, 0.05) is 38.2 Å². The fourth-order valence-corrected chi connectivity index (χ4v) is 6.30.